The molecule has 0 saturated heterocycles. The van der Waals surface area contributed by atoms with Crippen LogP contribution in [-0.2, 0) is 6.54 Å². The normalized spacial score (nSPS) is 10.9. The van der Waals surface area contributed by atoms with Gasteiger partial charge in [0.25, 0.3) is 0 Å². The van der Waals surface area contributed by atoms with Gasteiger partial charge in [-0.15, -0.1) is 11.3 Å². The SMILES string of the molecule is Brc1csc(CNc2snc3ccccc23)c1. The highest BCUT2D eigenvalue weighted by Gasteiger charge is 2.05. The number of hydrogen-bond acceptors (Lipinski definition) is 4. The molecule has 2 nitrogen and oxygen atoms in total. The Hall–Kier alpha value is -0.910. The van der Waals surface area contributed by atoms with Gasteiger partial charge in [0.2, 0.25) is 0 Å². The fraction of sp³-hybridized carbons (Fsp3) is 0.0833. The topological polar surface area (TPSA) is 24.9 Å². The minimum Gasteiger partial charge on any atom is -0.370 e. The van der Waals surface area contributed by atoms with E-state index in [1.165, 1.54) is 21.8 Å². The Morgan fingerprint density at radius 3 is 3.00 bits per heavy atom. The summed E-state index contributed by atoms with van der Waals surface area (Å²) in [5, 5.41) is 7.89. The van der Waals surface area contributed by atoms with Crippen LogP contribution in [0.3, 0.4) is 0 Å². The zero-order valence-corrected chi connectivity index (χ0v) is 12.0. The van der Waals surface area contributed by atoms with E-state index in [0.29, 0.717) is 0 Å². The fourth-order valence-electron chi connectivity index (χ4n) is 1.63. The Morgan fingerprint density at radius 1 is 1.29 bits per heavy atom. The van der Waals surface area contributed by atoms with E-state index < -0.39 is 0 Å². The van der Waals surface area contributed by atoms with Crippen LogP contribution in [0.1, 0.15) is 4.88 Å². The third kappa shape index (κ3) is 2.36. The summed E-state index contributed by atoms with van der Waals surface area (Å²) in [6.07, 6.45) is 0. The van der Waals surface area contributed by atoms with E-state index in [2.05, 4.69) is 43.1 Å². The largest absolute Gasteiger partial charge is 0.370 e. The first-order valence-corrected chi connectivity index (χ1v) is 7.59. The number of rotatable bonds is 3. The fourth-order valence-corrected chi connectivity index (χ4v) is 3.78. The molecule has 0 atom stereocenters. The van der Waals surface area contributed by atoms with E-state index >= 15 is 0 Å². The molecular formula is C12H9BrN2S2. The standard InChI is InChI=1S/C12H9BrN2S2/c13-8-5-9(16-7-8)6-14-12-10-3-1-2-4-11(10)15-17-12/h1-5,7,14H,6H2. The number of benzene rings is 1. The van der Waals surface area contributed by atoms with Crippen LogP contribution < -0.4 is 5.32 Å². The first-order valence-electron chi connectivity index (χ1n) is 5.14. The molecule has 0 unspecified atom stereocenters. The number of halogens is 1. The van der Waals surface area contributed by atoms with E-state index in [1.54, 1.807) is 11.3 Å². The van der Waals surface area contributed by atoms with Crippen LogP contribution in [0.15, 0.2) is 40.2 Å². The van der Waals surface area contributed by atoms with Crippen molar-refractivity contribution in [3.8, 4) is 0 Å². The van der Waals surface area contributed by atoms with Crippen molar-refractivity contribution in [3.05, 3.63) is 45.1 Å². The molecule has 0 aliphatic carbocycles. The number of hydrogen-bond donors (Lipinski definition) is 1. The Kier molecular flexibility index (Phi) is 3.13. The van der Waals surface area contributed by atoms with Gasteiger partial charge < -0.3 is 5.32 Å². The zero-order chi connectivity index (χ0) is 11.7. The van der Waals surface area contributed by atoms with Crippen LogP contribution in [0.2, 0.25) is 0 Å². The Bertz CT molecular complexity index is 645. The molecule has 0 fully saturated rings. The molecule has 0 saturated carbocycles. The van der Waals surface area contributed by atoms with Gasteiger partial charge in [0.1, 0.15) is 5.00 Å². The first-order chi connectivity index (χ1) is 8.33. The molecule has 86 valence electrons. The summed E-state index contributed by atoms with van der Waals surface area (Å²) in [5.74, 6) is 0. The lowest BCUT2D eigenvalue weighted by atomic mass is 10.2. The van der Waals surface area contributed by atoms with Crippen LogP contribution >= 0.6 is 38.8 Å². The number of anilines is 1. The first kappa shape index (κ1) is 11.2. The Labute approximate surface area is 116 Å². The summed E-state index contributed by atoms with van der Waals surface area (Å²) in [4.78, 5) is 1.31. The molecule has 5 heteroatoms. The maximum atomic E-state index is 4.41. The second kappa shape index (κ2) is 4.76. The van der Waals surface area contributed by atoms with Gasteiger partial charge in [-0.2, -0.15) is 4.37 Å². The van der Waals surface area contributed by atoms with Gasteiger partial charge >= 0.3 is 0 Å². The third-order valence-corrected chi connectivity index (χ3v) is 4.96. The average molecular weight is 325 g/mol. The van der Waals surface area contributed by atoms with E-state index in [9.17, 15) is 0 Å². The Balaban J connectivity index is 1.81. The maximum Gasteiger partial charge on any atom is 0.117 e. The van der Waals surface area contributed by atoms with Crippen molar-refractivity contribution in [2.45, 2.75) is 6.54 Å². The van der Waals surface area contributed by atoms with E-state index in [4.69, 9.17) is 0 Å². The van der Waals surface area contributed by atoms with Crippen LogP contribution in [0.25, 0.3) is 10.9 Å². The summed E-state index contributed by atoms with van der Waals surface area (Å²) >= 11 is 6.74. The molecule has 0 radical (unpaired) electrons. The predicted octanol–water partition coefficient (Wildman–Crippen LogP) is 4.73. The summed E-state index contributed by atoms with van der Waals surface area (Å²) in [6, 6.07) is 10.3. The van der Waals surface area contributed by atoms with E-state index in [0.717, 1.165) is 21.5 Å². The van der Waals surface area contributed by atoms with Crippen LogP contribution in [0.5, 0.6) is 0 Å². The molecule has 17 heavy (non-hydrogen) atoms. The van der Waals surface area contributed by atoms with Gasteiger partial charge in [0, 0.05) is 20.1 Å². The monoisotopic (exact) mass is 324 g/mol. The zero-order valence-electron chi connectivity index (χ0n) is 8.81. The van der Waals surface area contributed by atoms with Crippen LogP contribution in [0.4, 0.5) is 5.00 Å². The van der Waals surface area contributed by atoms with Crippen molar-refractivity contribution in [3.63, 3.8) is 0 Å². The maximum absolute atomic E-state index is 4.41. The highest BCUT2D eigenvalue weighted by molar-refractivity contribution is 9.10. The van der Waals surface area contributed by atoms with Crippen molar-refractivity contribution < 1.29 is 0 Å². The van der Waals surface area contributed by atoms with E-state index in [-0.39, 0.29) is 0 Å². The van der Waals surface area contributed by atoms with Crippen LogP contribution in [0, 0.1) is 0 Å². The molecule has 0 bridgehead atoms. The van der Waals surface area contributed by atoms with Gasteiger partial charge in [-0.25, -0.2) is 0 Å². The van der Waals surface area contributed by atoms with Gasteiger partial charge in [-0.05, 0) is 45.7 Å². The minimum absolute atomic E-state index is 0.850. The molecule has 1 N–H and O–H groups in total. The van der Waals surface area contributed by atoms with Gasteiger partial charge in [0.05, 0.1) is 12.1 Å². The molecule has 0 amide bonds. The second-order valence-electron chi connectivity index (χ2n) is 3.61. The molecule has 2 heterocycles. The van der Waals surface area contributed by atoms with Crippen molar-refractivity contribution in [1.82, 2.24) is 4.37 Å². The molecule has 1 aromatic carbocycles. The van der Waals surface area contributed by atoms with Gasteiger partial charge in [-0.1, -0.05) is 12.1 Å². The lowest BCUT2D eigenvalue weighted by Crippen LogP contribution is -1.95. The quantitative estimate of drug-likeness (QED) is 0.753. The van der Waals surface area contributed by atoms with Crippen molar-refractivity contribution >= 4 is 54.7 Å². The predicted molar refractivity (Wildman–Crippen MR) is 79.0 cm³/mol. The number of thiophene rings is 1. The summed E-state index contributed by atoms with van der Waals surface area (Å²) in [5.41, 5.74) is 1.06. The molecule has 0 spiro atoms. The molecule has 0 aliphatic rings. The summed E-state index contributed by atoms with van der Waals surface area (Å²) in [6.45, 7) is 0.850. The number of fused-ring (bicyclic) bond motifs is 1. The van der Waals surface area contributed by atoms with Crippen molar-refractivity contribution in [1.29, 1.82) is 0 Å². The van der Waals surface area contributed by atoms with Gasteiger partial charge in [-0.3, -0.25) is 0 Å². The number of nitrogens with zero attached hydrogens (tertiary/aromatic N) is 1. The smallest absolute Gasteiger partial charge is 0.117 e. The summed E-state index contributed by atoms with van der Waals surface area (Å²) in [7, 11) is 0. The highest BCUT2D eigenvalue weighted by Crippen LogP contribution is 2.28. The second-order valence-corrected chi connectivity index (χ2v) is 6.30. The molecule has 3 aromatic rings. The molecular weight excluding hydrogens is 316 g/mol. The summed E-state index contributed by atoms with van der Waals surface area (Å²) < 4.78 is 5.56. The molecule has 0 aliphatic heterocycles. The van der Waals surface area contributed by atoms with Gasteiger partial charge in [0.15, 0.2) is 0 Å². The minimum atomic E-state index is 0.850. The van der Waals surface area contributed by atoms with Crippen molar-refractivity contribution in [2.24, 2.45) is 0 Å². The molecule has 2 aromatic heterocycles. The van der Waals surface area contributed by atoms with Crippen LogP contribution in [-0.4, -0.2) is 4.37 Å². The van der Waals surface area contributed by atoms with E-state index in [1.807, 2.05) is 18.2 Å². The average Bonchev–Trinajstić information content (AvgIpc) is 2.93. The lowest BCUT2D eigenvalue weighted by molar-refractivity contribution is 1.21. The Morgan fingerprint density at radius 2 is 2.18 bits per heavy atom. The number of nitrogens with one attached hydrogen (secondary N) is 1. The number of aromatic nitrogens is 1. The highest BCUT2D eigenvalue weighted by atomic mass is 79.9. The third-order valence-electron chi connectivity index (χ3n) is 2.43. The molecule has 3 rings (SSSR count). The lowest BCUT2D eigenvalue weighted by Gasteiger charge is -2.00. The van der Waals surface area contributed by atoms with Crippen molar-refractivity contribution in [2.75, 3.05) is 5.32 Å².